The molecule has 1 N–H and O–H groups in total. The molecule has 29 heavy (non-hydrogen) atoms. The van der Waals surface area contributed by atoms with Crippen LogP contribution in [0.4, 0.5) is 0 Å². The second-order valence-electron chi connectivity index (χ2n) is 7.15. The molecule has 0 saturated carbocycles. The van der Waals surface area contributed by atoms with Gasteiger partial charge in [-0.3, -0.25) is 14.5 Å². The molecule has 2 heterocycles. The number of hydrogen-bond acceptors (Lipinski definition) is 5. The monoisotopic (exact) mass is 415 g/mol. The fourth-order valence-electron chi connectivity index (χ4n) is 3.18. The van der Waals surface area contributed by atoms with Gasteiger partial charge in [0.05, 0.1) is 13.2 Å². The molecule has 1 saturated heterocycles. The third-order valence-electron chi connectivity index (χ3n) is 4.97. The zero-order valence-corrected chi connectivity index (χ0v) is 17.7. The van der Waals surface area contributed by atoms with E-state index < -0.39 is 0 Å². The van der Waals surface area contributed by atoms with Gasteiger partial charge >= 0.3 is 0 Å². The van der Waals surface area contributed by atoms with Gasteiger partial charge in [0.15, 0.2) is 0 Å². The molecule has 0 bridgehead atoms. The summed E-state index contributed by atoms with van der Waals surface area (Å²) in [5.74, 6) is 0.481. The quantitative estimate of drug-likeness (QED) is 0.640. The average Bonchev–Trinajstić information content (AvgIpc) is 3.26. The van der Waals surface area contributed by atoms with Gasteiger partial charge in [0.25, 0.3) is 5.91 Å². The summed E-state index contributed by atoms with van der Waals surface area (Å²) < 4.78 is 5.60. The summed E-state index contributed by atoms with van der Waals surface area (Å²) in [6.07, 6.45) is 2.09. The number of hydrogen-bond donors (Lipinski definition) is 1. The number of carbonyl (C=O) groups excluding carboxylic acids is 2. The number of rotatable bonds is 9. The molecule has 0 aliphatic carbocycles. The molecule has 156 valence electrons. The third-order valence-corrected chi connectivity index (χ3v) is 5.83. The van der Waals surface area contributed by atoms with Crippen molar-refractivity contribution in [1.82, 2.24) is 15.1 Å². The molecule has 1 aliphatic heterocycles. The molecule has 2 aromatic rings. The Kier molecular flexibility index (Phi) is 8.07. The van der Waals surface area contributed by atoms with Crippen LogP contribution in [-0.4, -0.2) is 60.9 Å². The Morgan fingerprint density at radius 1 is 1.10 bits per heavy atom. The normalized spacial score (nSPS) is 14.6. The molecule has 0 atom stereocenters. The van der Waals surface area contributed by atoms with Gasteiger partial charge in [-0.15, -0.1) is 11.3 Å². The molecule has 2 amide bonds. The number of thiophene rings is 1. The number of nitrogens with one attached hydrogen (secondary N) is 1. The Labute approximate surface area is 176 Å². The smallest absolute Gasteiger partial charge is 0.251 e. The van der Waals surface area contributed by atoms with Gasteiger partial charge in [-0.2, -0.15) is 0 Å². The Morgan fingerprint density at radius 3 is 2.52 bits per heavy atom. The molecule has 1 aliphatic rings. The first-order valence-electron chi connectivity index (χ1n) is 10.2. The van der Waals surface area contributed by atoms with Gasteiger partial charge in [0.1, 0.15) is 5.75 Å². The predicted octanol–water partition coefficient (Wildman–Crippen LogP) is 3.00. The van der Waals surface area contributed by atoms with Crippen LogP contribution >= 0.6 is 11.3 Å². The Bertz CT molecular complexity index is 769. The predicted molar refractivity (Wildman–Crippen MR) is 115 cm³/mol. The number of ether oxygens (including phenoxy) is 1. The average molecular weight is 416 g/mol. The molecule has 7 heteroatoms. The highest BCUT2D eigenvalue weighted by atomic mass is 32.1. The van der Waals surface area contributed by atoms with Crippen molar-refractivity contribution in [2.24, 2.45) is 0 Å². The van der Waals surface area contributed by atoms with E-state index in [1.807, 2.05) is 4.90 Å². The van der Waals surface area contributed by atoms with E-state index >= 15 is 0 Å². The van der Waals surface area contributed by atoms with Gasteiger partial charge in [-0.25, -0.2) is 0 Å². The van der Waals surface area contributed by atoms with Crippen molar-refractivity contribution < 1.29 is 14.3 Å². The summed E-state index contributed by atoms with van der Waals surface area (Å²) in [7, 11) is 0. The number of benzene rings is 1. The third kappa shape index (κ3) is 6.58. The molecule has 3 rings (SSSR count). The lowest BCUT2D eigenvalue weighted by atomic mass is 10.2. The fraction of sp³-hybridized carbons (Fsp3) is 0.455. The molecule has 0 spiro atoms. The summed E-state index contributed by atoms with van der Waals surface area (Å²) in [6.45, 7) is 6.87. The van der Waals surface area contributed by atoms with E-state index in [1.54, 1.807) is 35.6 Å². The molecule has 0 unspecified atom stereocenters. The van der Waals surface area contributed by atoms with Gasteiger partial charge in [-0.05, 0) is 42.1 Å². The lowest BCUT2D eigenvalue weighted by Crippen LogP contribution is -2.50. The minimum atomic E-state index is -0.241. The molecule has 0 radical (unpaired) electrons. The van der Waals surface area contributed by atoms with Crippen LogP contribution in [-0.2, 0) is 11.3 Å². The fourth-order valence-corrected chi connectivity index (χ4v) is 3.93. The van der Waals surface area contributed by atoms with Gasteiger partial charge in [0.2, 0.25) is 5.91 Å². The molecule has 1 aromatic carbocycles. The van der Waals surface area contributed by atoms with Crippen LogP contribution in [0.2, 0.25) is 0 Å². The van der Waals surface area contributed by atoms with E-state index in [4.69, 9.17) is 4.74 Å². The van der Waals surface area contributed by atoms with Crippen LogP contribution in [0.15, 0.2) is 41.8 Å². The summed E-state index contributed by atoms with van der Waals surface area (Å²) in [4.78, 5) is 30.3. The molecule has 1 fully saturated rings. The SMILES string of the molecule is CCCCOc1ccc(C(=O)NCC(=O)N2CCN(Cc3cccs3)CC2)cc1. The first-order valence-corrected chi connectivity index (χ1v) is 11.1. The van der Waals surface area contributed by atoms with Crippen molar-refractivity contribution >= 4 is 23.2 Å². The Morgan fingerprint density at radius 2 is 1.86 bits per heavy atom. The summed E-state index contributed by atoms with van der Waals surface area (Å²) >= 11 is 1.76. The zero-order valence-electron chi connectivity index (χ0n) is 16.9. The maximum absolute atomic E-state index is 12.4. The van der Waals surface area contributed by atoms with E-state index in [0.29, 0.717) is 25.3 Å². The summed E-state index contributed by atoms with van der Waals surface area (Å²) in [5, 5.41) is 4.82. The van der Waals surface area contributed by atoms with Crippen LogP contribution in [0.3, 0.4) is 0 Å². The Balaban J connectivity index is 1.38. The van der Waals surface area contributed by atoms with Crippen molar-refractivity contribution in [1.29, 1.82) is 0 Å². The van der Waals surface area contributed by atoms with Crippen LogP contribution in [0.1, 0.15) is 35.0 Å². The van der Waals surface area contributed by atoms with Crippen LogP contribution < -0.4 is 10.1 Å². The van der Waals surface area contributed by atoms with E-state index in [9.17, 15) is 9.59 Å². The van der Waals surface area contributed by atoms with Crippen molar-refractivity contribution in [2.45, 2.75) is 26.3 Å². The van der Waals surface area contributed by atoms with E-state index in [2.05, 4.69) is 34.7 Å². The van der Waals surface area contributed by atoms with Crippen molar-refractivity contribution in [3.63, 3.8) is 0 Å². The highest BCUT2D eigenvalue weighted by Gasteiger charge is 2.21. The van der Waals surface area contributed by atoms with E-state index in [0.717, 1.165) is 38.2 Å². The van der Waals surface area contributed by atoms with Gasteiger partial charge in [-0.1, -0.05) is 19.4 Å². The number of unbranched alkanes of at least 4 members (excludes halogenated alkanes) is 1. The molecular weight excluding hydrogens is 386 g/mol. The van der Waals surface area contributed by atoms with Crippen LogP contribution in [0, 0.1) is 0 Å². The highest BCUT2D eigenvalue weighted by molar-refractivity contribution is 7.09. The Hall–Kier alpha value is -2.38. The topological polar surface area (TPSA) is 61.9 Å². The van der Waals surface area contributed by atoms with Crippen LogP contribution in [0.25, 0.3) is 0 Å². The first kappa shape index (κ1) is 21.3. The van der Waals surface area contributed by atoms with Crippen molar-refractivity contribution in [3.05, 3.63) is 52.2 Å². The minimum Gasteiger partial charge on any atom is -0.494 e. The summed E-state index contributed by atoms with van der Waals surface area (Å²) in [6, 6.07) is 11.2. The second kappa shape index (κ2) is 11.0. The van der Waals surface area contributed by atoms with Gasteiger partial charge < -0.3 is 15.0 Å². The summed E-state index contributed by atoms with van der Waals surface area (Å²) in [5.41, 5.74) is 0.529. The molecule has 6 nitrogen and oxygen atoms in total. The van der Waals surface area contributed by atoms with Crippen molar-refractivity contribution in [2.75, 3.05) is 39.3 Å². The maximum atomic E-state index is 12.4. The maximum Gasteiger partial charge on any atom is 0.251 e. The number of nitrogens with zero attached hydrogens (tertiary/aromatic N) is 2. The number of carbonyl (C=O) groups is 2. The second-order valence-corrected chi connectivity index (χ2v) is 8.18. The van der Waals surface area contributed by atoms with Gasteiger partial charge in [0, 0.05) is 43.2 Å². The largest absolute Gasteiger partial charge is 0.494 e. The standard InChI is InChI=1S/C22H29N3O3S/c1-2-3-14-28-19-8-6-18(7-9-19)22(27)23-16-21(26)25-12-10-24(11-13-25)17-20-5-4-15-29-20/h4-9,15H,2-3,10-14,16-17H2,1H3,(H,23,27). The van der Waals surface area contributed by atoms with Crippen LogP contribution in [0.5, 0.6) is 5.75 Å². The van der Waals surface area contributed by atoms with E-state index in [-0.39, 0.29) is 18.4 Å². The first-order chi connectivity index (χ1) is 14.2. The molecule has 1 aromatic heterocycles. The highest BCUT2D eigenvalue weighted by Crippen LogP contribution is 2.14. The number of piperazine rings is 1. The van der Waals surface area contributed by atoms with Crippen molar-refractivity contribution in [3.8, 4) is 5.75 Å². The lowest BCUT2D eigenvalue weighted by Gasteiger charge is -2.34. The molecular formula is C22H29N3O3S. The number of amides is 2. The zero-order chi connectivity index (χ0) is 20.5. The van der Waals surface area contributed by atoms with E-state index in [1.165, 1.54) is 4.88 Å². The lowest BCUT2D eigenvalue weighted by molar-refractivity contribution is -0.131. The minimum absolute atomic E-state index is 0.0263.